The minimum atomic E-state index is -0.0570. The second kappa shape index (κ2) is 2.96. The summed E-state index contributed by atoms with van der Waals surface area (Å²) in [6, 6.07) is 0. The van der Waals surface area contributed by atoms with Crippen molar-refractivity contribution in [3.05, 3.63) is 0 Å². The minimum absolute atomic E-state index is 0.0570. The lowest BCUT2D eigenvalue weighted by Crippen LogP contribution is -2.29. The van der Waals surface area contributed by atoms with Gasteiger partial charge in [0, 0.05) is 0 Å². The second-order valence-electron chi connectivity index (χ2n) is 1.58. The van der Waals surface area contributed by atoms with Crippen LogP contribution in [0.5, 0.6) is 0 Å². The first-order valence-electron chi connectivity index (χ1n) is 2.38. The average molecular weight is 152 g/mol. The monoisotopic (exact) mass is 152 g/mol. The van der Waals surface area contributed by atoms with E-state index in [0.29, 0.717) is 13.2 Å². The van der Waals surface area contributed by atoms with Crippen molar-refractivity contribution in [3.63, 3.8) is 0 Å². The van der Waals surface area contributed by atoms with Crippen LogP contribution in [0.1, 0.15) is 0 Å². The van der Waals surface area contributed by atoms with Crippen LogP contribution in [0.3, 0.4) is 0 Å². The molecule has 0 aromatic heterocycles. The smallest absolute Gasteiger partial charge is 0.124 e. The third kappa shape index (κ3) is 1.85. The van der Waals surface area contributed by atoms with Crippen LogP contribution in [-0.4, -0.2) is 24.1 Å². The van der Waals surface area contributed by atoms with Gasteiger partial charge < -0.3 is 9.47 Å². The van der Waals surface area contributed by atoms with Crippen molar-refractivity contribution < 1.29 is 9.47 Å². The first-order chi connectivity index (χ1) is 3.79. The van der Waals surface area contributed by atoms with Gasteiger partial charge in [-0.3, -0.25) is 0 Å². The Bertz CT molecular complexity index is 60.4. The van der Waals surface area contributed by atoms with Gasteiger partial charge in [0.05, 0.1) is 13.2 Å². The predicted molar refractivity (Wildman–Crippen MR) is 37.5 cm³/mol. The van der Waals surface area contributed by atoms with E-state index in [1.165, 1.54) is 0 Å². The second-order valence-corrected chi connectivity index (χ2v) is 2.73. The Balaban J connectivity index is 2.19. The van der Waals surface area contributed by atoms with Crippen molar-refractivity contribution in [3.8, 4) is 0 Å². The highest BCUT2D eigenvalue weighted by molar-refractivity contribution is 7.81. The molecule has 0 amide bonds. The van der Waals surface area contributed by atoms with E-state index in [1.54, 1.807) is 0 Å². The Morgan fingerprint density at radius 1 is 1.00 bits per heavy atom. The van der Waals surface area contributed by atoms with Crippen LogP contribution >= 0.6 is 25.3 Å². The predicted octanol–water partition coefficient (Wildman–Crippen LogP) is 0.545. The molecule has 1 fully saturated rings. The number of hydrogen-bond acceptors (Lipinski definition) is 4. The van der Waals surface area contributed by atoms with E-state index < -0.39 is 0 Å². The topological polar surface area (TPSA) is 18.5 Å². The van der Waals surface area contributed by atoms with Gasteiger partial charge in [-0.25, -0.2) is 0 Å². The molecule has 1 aliphatic rings. The molecule has 2 nitrogen and oxygen atoms in total. The van der Waals surface area contributed by atoms with Gasteiger partial charge in [0.2, 0.25) is 0 Å². The normalized spacial score (nSPS) is 39.8. The quantitative estimate of drug-likeness (QED) is 0.494. The van der Waals surface area contributed by atoms with Crippen LogP contribution in [-0.2, 0) is 9.47 Å². The molecule has 0 spiro atoms. The molecule has 0 aromatic rings. The van der Waals surface area contributed by atoms with Gasteiger partial charge in [-0.1, -0.05) is 0 Å². The Kier molecular flexibility index (Phi) is 2.49. The van der Waals surface area contributed by atoms with Gasteiger partial charge in [0.15, 0.2) is 0 Å². The highest BCUT2D eigenvalue weighted by Gasteiger charge is 2.15. The zero-order valence-electron chi connectivity index (χ0n) is 4.28. The highest BCUT2D eigenvalue weighted by Crippen LogP contribution is 2.11. The summed E-state index contributed by atoms with van der Waals surface area (Å²) in [4.78, 5) is 0. The van der Waals surface area contributed by atoms with E-state index in [1.807, 2.05) is 0 Å². The largest absolute Gasteiger partial charge is 0.362 e. The summed E-state index contributed by atoms with van der Waals surface area (Å²) in [6.07, 6.45) is 0. The molecule has 2 atom stereocenters. The standard InChI is InChI=1S/C4H8O2S2/c7-3-1-5-4(8)2-6-3/h3-4,7-8H,1-2H2. The molecular weight excluding hydrogens is 144 g/mol. The lowest BCUT2D eigenvalue weighted by Gasteiger charge is -2.22. The van der Waals surface area contributed by atoms with E-state index in [0.717, 1.165) is 0 Å². The fraction of sp³-hybridized carbons (Fsp3) is 1.00. The molecule has 4 heteroatoms. The maximum absolute atomic E-state index is 5.05. The zero-order chi connectivity index (χ0) is 5.98. The van der Waals surface area contributed by atoms with Crippen molar-refractivity contribution >= 4 is 25.3 Å². The Hall–Kier alpha value is 0.620. The number of ether oxygens (including phenoxy) is 2. The molecule has 0 saturated carbocycles. The zero-order valence-corrected chi connectivity index (χ0v) is 6.07. The first-order valence-corrected chi connectivity index (χ1v) is 3.41. The summed E-state index contributed by atoms with van der Waals surface area (Å²) in [5.74, 6) is 0. The van der Waals surface area contributed by atoms with Gasteiger partial charge in [-0.15, -0.1) is 25.3 Å². The molecule has 0 aromatic carbocycles. The first kappa shape index (κ1) is 6.74. The van der Waals surface area contributed by atoms with Gasteiger partial charge in [-0.05, 0) is 0 Å². The Labute approximate surface area is 59.4 Å². The fourth-order valence-corrected chi connectivity index (χ4v) is 0.827. The molecule has 0 radical (unpaired) electrons. The number of thiol groups is 2. The van der Waals surface area contributed by atoms with Crippen LogP contribution in [0.2, 0.25) is 0 Å². The molecule has 8 heavy (non-hydrogen) atoms. The summed E-state index contributed by atoms with van der Waals surface area (Å²) in [5, 5.41) is 0. The maximum Gasteiger partial charge on any atom is 0.124 e. The molecule has 0 aliphatic carbocycles. The molecular formula is C4H8O2S2. The summed E-state index contributed by atoms with van der Waals surface area (Å²) < 4.78 is 10.1. The van der Waals surface area contributed by atoms with Crippen LogP contribution in [0.25, 0.3) is 0 Å². The average Bonchev–Trinajstić information content (AvgIpc) is 1.77. The van der Waals surface area contributed by atoms with Crippen LogP contribution in [0, 0.1) is 0 Å². The molecule has 0 N–H and O–H groups in total. The fourth-order valence-electron chi connectivity index (χ4n) is 0.483. The third-order valence-electron chi connectivity index (χ3n) is 0.862. The van der Waals surface area contributed by atoms with Crippen LogP contribution < -0.4 is 0 Å². The summed E-state index contributed by atoms with van der Waals surface area (Å²) in [5.41, 5.74) is -0.114. The van der Waals surface area contributed by atoms with E-state index in [2.05, 4.69) is 25.3 Å². The molecule has 2 unspecified atom stereocenters. The van der Waals surface area contributed by atoms with E-state index >= 15 is 0 Å². The third-order valence-corrected chi connectivity index (χ3v) is 1.46. The molecule has 1 heterocycles. The van der Waals surface area contributed by atoms with Crippen LogP contribution in [0.4, 0.5) is 0 Å². The summed E-state index contributed by atoms with van der Waals surface area (Å²) >= 11 is 8.04. The minimum Gasteiger partial charge on any atom is -0.362 e. The van der Waals surface area contributed by atoms with Crippen molar-refractivity contribution in [2.24, 2.45) is 0 Å². The van der Waals surface area contributed by atoms with Crippen molar-refractivity contribution in [1.82, 2.24) is 0 Å². The van der Waals surface area contributed by atoms with Crippen molar-refractivity contribution in [2.75, 3.05) is 13.2 Å². The lowest BCUT2D eigenvalue weighted by atomic mass is 10.6. The Morgan fingerprint density at radius 3 is 1.62 bits per heavy atom. The maximum atomic E-state index is 5.05. The van der Waals surface area contributed by atoms with Gasteiger partial charge in [0.25, 0.3) is 0 Å². The van der Waals surface area contributed by atoms with Gasteiger partial charge in [0.1, 0.15) is 10.9 Å². The molecule has 1 saturated heterocycles. The lowest BCUT2D eigenvalue weighted by molar-refractivity contribution is -0.0638. The SMILES string of the molecule is SC1COC(S)CO1. The van der Waals surface area contributed by atoms with Crippen LogP contribution in [0.15, 0.2) is 0 Å². The highest BCUT2D eigenvalue weighted by atomic mass is 32.1. The summed E-state index contributed by atoms with van der Waals surface area (Å²) in [7, 11) is 0. The number of hydrogen-bond donors (Lipinski definition) is 2. The molecule has 1 aliphatic heterocycles. The molecule has 48 valence electrons. The van der Waals surface area contributed by atoms with E-state index in [4.69, 9.17) is 9.47 Å². The van der Waals surface area contributed by atoms with E-state index in [9.17, 15) is 0 Å². The van der Waals surface area contributed by atoms with E-state index in [-0.39, 0.29) is 10.9 Å². The Morgan fingerprint density at radius 2 is 1.38 bits per heavy atom. The molecule has 1 rings (SSSR count). The summed E-state index contributed by atoms with van der Waals surface area (Å²) in [6.45, 7) is 1.08. The van der Waals surface area contributed by atoms with Crippen molar-refractivity contribution in [2.45, 2.75) is 10.9 Å². The van der Waals surface area contributed by atoms with Gasteiger partial charge in [-0.2, -0.15) is 0 Å². The number of rotatable bonds is 0. The molecule has 0 bridgehead atoms. The van der Waals surface area contributed by atoms with Crippen molar-refractivity contribution in [1.29, 1.82) is 0 Å². The van der Waals surface area contributed by atoms with Gasteiger partial charge >= 0.3 is 0 Å².